The van der Waals surface area contributed by atoms with E-state index in [1.165, 1.54) is 18.5 Å². The van der Waals surface area contributed by atoms with Crippen molar-refractivity contribution < 1.29 is 8.42 Å². The van der Waals surface area contributed by atoms with Gasteiger partial charge < -0.3 is 11.1 Å². The summed E-state index contributed by atoms with van der Waals surface area (Å²) >= 11 is 0. The number of rotatable bonds is 3. The first-order chi connectivity index (χ1) is 9.49. The highest BCUT2D eigenvalue weighted by Crippen LogP contribution is 2.29. The van der Waals surface area contributed by atoms with Crippen LogP contribution in [-0.2, 0) is 10.0 Å². The first-order valence-electron chi connectivity index (χ1n) is 7.01. The standard InChI is InChI=1S/C14H24N4O2S/c1-13(2)6-11(7-14(3,4)18-13)17-21(19,20)12-5-10(15)8-16-9-12/h5,8-9,11,17-18H,6-7,15H2,1-4H3. The average molecular weight is 312 g/mol. The van der Waals surface area contributed by atoms with Crippen molar-refractivity contribution in [3.63, 3.8) is 0 Å². The van der Waals surface area contributed by atoms with Crippen molar-refractivity contribution in [3.8, 4) is 0 Å². The van der Waals surface area contributed by atoms with Crippen molar-refractivity contribution in [1.82, 2.24) is 15.0 Å². The zero-order chi connectivity index (χ0) is 15.9. The Morgan fingerprint density at radius 2 is 1.81 bits per heavy atom. The number of aromatic nitrogens is 1. The van der Waals surface area contributed by atoms with Crippen LogP contribution in [0.4, 0.5) is 5.69 Å². The van der Waals surface area contributed by atoms with Crippen LogP contribution in [0.15, 0.2) is 23.4 Å². The molecule has 1 saturated heterocycles. The molecule has 0 atom stereocenters. The second kappa shape index (κ2) is 5.23. The van der Waals surface area contributed by atoms with Crippen molar-refractivity contribution >= 4 is 15.7 Å². The maximum absolute atomic E-state index is 12.4. The summed E-state index contributed by atoms with van der Waals surface area (Å²) in [5, 5.41) is 3.53. The predicted octanol–water partition coefficient (Wildman–Crippen LogP) is 1.25. The molecule has 0 saturated carbocycles. The van der Waals surface area contributed by atoms with Crippen LogP contribution in [0.25, 0.3) is 0 Å². The summed E-state index contributed by atoms with van der Waals surface area (Å²) in [6, 6.07) is 1.30. The Balaban J connectivity index is 2.20. The van der Waals surface area contributed by atoms with Gasteiger partial charge in [-0.2, -0.15) is 0 Å². The highest BCUT2D eigenvalue weighted by atomic mass is 32.2. The van der Waals surface area contributed by atoms with Gasteiger partial charge in [-0.1, -0.05) is 0 Å². The molecule has 2 rings (SSSR count). The van der Waals surface area contributed by atoms with E-state index < -0.39 is 10.0 Å². The lowest BCUT2D eigenvalue weighted by Gasteiger charge is -2.46. The smallest absolute Gasteiger partial charge is 0.242 e. The second-order valence-corrected chi connectivity index (χ2v) is 8.79. The van der Waals surface area contributed by atoms with Crippen LogP contribution in [-0.4, -0.2) is 30.5 Å². The number of nitrogen functional groups attached to an aromatic ring is 1. The molecule has 0 aliphatic carbocycles. The Morgan fingerprint density at radius 1 is 1.24 bits per heavy atom. The van der Waals surface area contributed by atoms with E-state index in [1.807, 2.05) is 0 Å². The number of piperidine rings is 1. The summed E-state index contributed by atoms with van der Waals surface area (Å²) in [7, 11) is -3.60. The van der Waals surface area contributed by atoms with Gasteiger partial charge >= 0.3 is 0 Å². The number of hydrogen-bond acceptors (Lipinski definition) is 5. The minimum atomic E-state index is -3.60. The van der Waals surface area contributed by atoms with Crippen LogP contribution < -0.4 is 15.8 Å². The molecular weight excluding hydrogens is 288 g/mol. The molecule has 1 aliphatic heterocycles. The number of anilines is 1. The van der Waals surface area contributed by atoms with Gasteiger partial charge in [0.25, 0.3) is 0 Å². The second-order valence-electron chi connectivity index (χ2n) is 7.07. The number of nitrogens with two attached hydrogens (primary N) is 1. The summed E-state index contributed by atoms with van der Waals surface area (Å²) in [4.78, 5) is 3.95. The Bertz CT molecular complexity index is 610. The SMILES string of the molecule is CC1(C)CC(NS(=O)(=O)c2cncc(N)c2)CC(C)(C)N1. The van der Waals surface area contributed by atoms with E-state index in [0.717, 1.165) is 12.8 Å². The number of nitrogens with zero attached hydrogens (tertiary/aromatic N) is 1. The van der Waals surface area contributed by atoms with E-state index in [4.69, 9.17) is 5.73 Å². The monoisotopic (exact) mass is 312 g/mol. The molecule has 4 N–H and O–H groups in total. The molecule has 0 aromatic carbocycles. The fourth-order valence-electron chi connectivity index (χ4n) is 3.28. The lowest BCUT2D eigenvalue weighted by molar-refractivity contribution is 0.157. The van der Waals surface area contributed by atoms with Gasteiger partial charge in [-0.15, -0.1) is 0 Å². The van der Waals surface area contributed by atoms with Crippen LogP contribution in [0.5, 0.6) is 0 Å². The van der Waals surface area contributed by atoms with Crippen molar-refractivity contribution in [2.24, 2.45) is 0 Å². The van der Waals surface area contributed by atoms with E-state index >= 15 is 0 Å². The fraction of sp³-hybridized carbons (Fsp3) is 0.643. The van der Waals surface area contributed by atoms with Gasteiger partial charge in [-0.05, 0) is 46.6 Å². The van der Waals surface area contributed by atoms with Crippen molar-refractivity contribution in [2.75, 3.05) is 5.73 Å². The number of nitrogens with one attached hydrogen (secondary N) is 2. The molecule has 1 fully saturated rings. The van der Waals surface area contributed by atoms with Gasteiger partial charge in [0.05, 0.1) is 5.69 Å². The van der Waals surface area contributed by atoms with E-state index in [9.17, 15) is 8.42 Å². The van der Waals surface area contributed by atoms with Crippen molar-refractivity contribution in [2.45, 2.75) is 62.6 Å². The third-order valence-corrected chi connectivity index (χ3v) is 5.04. The Labute approximate surface area is 126 Å². The van der Waals surface area contributed by atoms with Crippen molar-refractivity contribution in [1.29, 1.82) is 0 Å². The summed E-state index contributed by atoms with van der Waals surface area (Å²) in [6.07, 6.45) is 4.20. The molecule has 0 bridgehead atoms. The highest BCUT2D eigenvalue weighted by molar-refractivity contribution is 7.89. The molecule has 2 heterocycles. The lowest BCUT2D eigenvalue weighted by Crippen LogP contribution is -2.62. The molecule has 0 amide bonds. The molecule has 1 aliphatic rings. The van der Waals surface area contributed by atoms with Crippen molar-refractivity contribution in [3.05, 3.63) is 18.5 Å². The maximum Gasteiger partial charge on any atom is 0.242 e. The van der Waals surface area contributed by atoms with Crippen LogP contribution in [0, 0.1) is 0 Å². The normalized spacial score (nSPS) is 22.1. The molecular formula is C14H24N4O2S. The highest BCUT2D eigenvalue weighted by Gasteiger charge is 2.39. The molecule has 0 unspecified atom stereocenters. The average Bonchev–Trinajstić information content (AvgIpc) is 2.23. The molecule has 7 heteroatoms. The number of hydrogen-bond donors (Lipinski definition) is 3. The molecule has 0 radical (unpaired) electrons. The predicted molar refractivity (Wildman–Crippen MR) is 83.3 cm³/mol. The summed E-state index contributed by atoms with van der Waals surface area (Å²) in [5.74, 6) is 0. The van der Waals surface area contributed by atoms with E-state index in [0.29, 0.717) is 5.69 Å². The van der Waals surface area contributed by atoms with E-state index in [1.54, 1.807) is 0 Å². The number of pyridine rings is 1. The fourth-order valence-corrected chi connectivity index (χ4v) is 4.51. The quantitative estimate of drug-likeness (QED) is 0.780. The van der Waals surface area contributed by atoms with Gasteiger partial charge in [0.1, 0.15) is 4.90 Å². The lowest BCUT2D eigenvalue weighted by atomic mass is 9.80. The zero-order valence-electron chi connectivity index (χ0n) is 13.0. The summed E-state index contributed by atoms with van der Waals surface area (Å²) < 4.78 is 27.7. The summed E-state index contributed by atoms with van der Waals surface area (Å²) in [6.45, 7) is 8.32. The largest absolute Gasteiger partial charge is 0.397 e. The first-order valence-corrected chi connectivity index (χ1v) is 8.50. The Kier molecular flexibility index (Phi) is 4.03. The van der Waals surface area contributed by atoms with E-state index in [2.05, 4.69) is 42.7 Å². The van der Waals surface area contributed by atoms with Crippen LogP contribution in [0.2, 0.25) is 0 Å². The Morgan fingerprint density at radius 3 is 2.33 bits per heavy atom. The topological polar surface area (TPSA) is 97.1 Å². The Hall–Kier alpha value is -1.18. The first kappa shape index (κ1) is 16.2. The van der Waals surface area contributed by atoms with Gasteiger partial charge in [0.2, 0.25) is 10.0 Å². The minimum absolute atomic E-state index is 0.108. The van der Waals surface area contributed by atoms with Gasteiger partial charge in [-0.3, -0.25) is 4.98 Å². The number of sulfonamides is 1. The van der Waals surface area contributed by atoms with E-state index in [-0.39, 0.29) is 22.0 Å². The molecule has 21 heavy (non-hydrogen) atoms. The molecule has 1 aromatic heterocycles. The molecule has 118 valence electrons. The summed E-state index contributed by atoms with van der Waals surface area (Å²) in [5.41, 5.74) is 5.70. The maximum atomic E-state index is 12.4. The van der Waals surface area contributed by atoms with Gasteiger partial charge in [-0.25, -0.2) is 13.1 Å². The third-order valence-electron chi connectivity index (χ3n) is 3.56. The van der Waals surface area contributed by atoms with Crippen LogP contribution in [0.3, 0.4) is 0 Å². The zero-order valence-corrected chi connectivity index (χ0v) is 13.8. The van der Waals surface area contributed by atoms with Gasteiger partial charge in [0.15, 0.2) is 0 Å². The van der Waals surface area contributed by atoms with Gasteiger partial charge in [0, 0.05) is 29.5 Å². The molecule has 6 nitrogen and oxygen atoms in total. The third kappa shape index (κ3) is 4.15. The molecule has 1 aromatic rings. The van der Waals surface area contributed by atoms with Crippen LogP contribution in [0.1, 0.15) is 40.5 Å². The molecule has 0 spiro atoms. The van der Waals surface area contributed by atoms with Crippen LogP contribution >= 0.6 is 0 Å². The minimum Gasteiger partial charge on any atom is -0.397 e.